The van der Waals surface area contributed by atoms with Crippen molar-refractivity contribution in [2.75, 3.05) is 18.9 Å². The minimum atomic E-state index is -0.168. The van der Waals surface area contributed by atoms with Gasteiger partial charge < -0.3 is 15.6 Å². The lowest BCUT2D eigenvalue weighted by Crippen LogP contribution is -2.26. The van der Waals surface area contributed by atoms with E-state index in [2.05, 4.69) is 77.9 Å². The van der Waals surface area contributed by atoms with Crippen LogP contribution in [0.2, 0.25) is 0 Å². The van der Waals surface area contributed by atoms with E-state index in [1.807, 2.05) is 31.4 Å². The van der Waals surface area contributed by atoms with Crippen LogP contribution >= 0.6 is 11.3 Å². The van der Waals surface area contributed by atoms with Crippen molar-refractivity contribution in [3.8, 4) is 0 Å². The average Bonchev–Trinajstić information content (AvgIpc) is 3.39. The Balaban J connectivity index is 1.67. The van der Waals surface area contributed by atoms with Gasteiger partial charge in [-0.05, 0) is 41.7 Å². The van der Waals surface area contributed by atoms with E-state index < -0.39 is 0 Å². The molecule has 0 saturated heterocycles. The molecule has 3 rings (SSSR count). The van der Waals surface area contributed by atoms with Crippen molar-refractivity contribution < 1.29 is 4.79 Å². The SMILES string of the molecule is CCC/C=C\C(=C/NC)c1ccc(C(=O)Nc2nc3ccc(CNCC(C)(C)C)cc3[nH]2)s1. The first-order chi connectivity index (χ1) is 15.8. The summed E-state index contributed by atoms with van der Waals surface area (Å²) in [6, 6.07) is 9.96. The number of rotatable bonds is 10. The lowest BCUT2D eigenvalue weighted by molar-refractivity contribution is 0.103. The van der Waals surface area contributed by atoms with E-state index in [0.717, 1.165) is 47.4 Å². The molecular weight excluding hydrogens is 430 g/mol. The molecule has 3 aromatic rings. The Hall–Kier alpha value is -2.90. The molecule has 0 saturated carbocycles. The monoisotopic (exact) mass is 465 g/mol. The predicted molar refractivity (Wildman–Crippen MR) is 141 cm³/mol. The fourth-order valence-corrected chi connectivity index (χ4v) is 4.22. The molecule has 4 N–H and O–H groups in total. The summed E-state index contributed by atoms with van der Waals surface area (Å²) in [4.78, 5) is 22.3. The number of amides is 1. The van der Waals surface area contributed by atoms with Gasteiger partial charge >= 0.3 is 0 Å². The Kier molecular flexibility index (Phi) is 8.47. The Labute approximate surface area is 200 Å². The van der Waals surface area contributed by atoms with Gasteiger partial charge in [0, 0.05) is 36.8 Å². The molecule has 176 valence electrons. The summed E-state index contributed by atoms with van der Waals surface area (Å²) in [5.41, 5.74) is 4.22. The maximum atomic E-state index is 12.8. The molecule has 0 aliphatic heterocycles. The van der Waals surface area contributed by atoms with Crippen LogP contribution < -0.4 is 16.0 Å². The largest absolute Gasteiger partial charge is 0.393 e. The zero-order valence-corrected chi connectivity index (χ0v) is 21.0. The highest BCUT2D eigenvalue weighted by atomic mass is 32.1. The van der Waals surface area contributed by atoms with Crippen molar-refractivity contribution >= 4 is 39.8 Å². The fraction of sp³-hybridized carbons (Fsp3) is 0.385. The van der Waals surface area contributed by atoms with Crippen molar-refractivity contribution in [1.29, 1.82) is 0 Å². The number of nitrogens with one attached hydrogen (secondary N) is 4. The number of aromatic nitrogens is 2. The molecule has 2 heterocycles. The summed E-state index contributed by atoms with van der Waals surface area (Å²) in [6.45, 7) is 10.5. The maximum Gasteiger partial charge on any atom is 0.268 e. The van der Waals surface area contributed by atoms with Crippen LogP contribution in [0.4, 0.5) is 5.95 Å². The van der Waals surface area contributed by atoms with Crippen LogP contribution in [-0.4, -0.2) is 29.5 Å². The number of unbranched alkanes of at least 4 members (excludes halogenated alkanes) is 1. The van der Waals surface area contributed by atoms with Gasteiger partial charge in [-0.25, -0.2) is 4.98 Å². The summed E-state index contributed by atoms with van der Waals surface area (Å²) in [6.07, 6.45) is 8.34. The first-order valence-electron chi connectivity index (χ1n) is 11.4. The molecule has 0 bridgehead atoms. The van der Waals surface area contributed by atoms with Crippen LogP contribution in [0.5, 0.6) is 0 Å². The van der Waals surface area contributed by atoms with Gasteiger partial charge in [0.1, 0.15) is 0 Å². The summed E-state index contributed by atoms with van der Waals surface area (Å²) < 4.78 is 0. The van der Waals surface area contributed by atoms with E-state index in [0.29, 0.717) is 10.8 Å². The number of carbonyl (C=O) groups excluding carboxylic acids is 1. The van der Waals surface area contributed by atoms with E-state index in [1.54, 1.807) is 0 Å². The van der Waals surface area contributed by atoms with Gasteiger partial charge in [-0.3, -0.25) is 10.1 Å². The van der Waals surface area contributed by atoms with E-state index in [4.69, 9.17) is 0 Å². The molecular formula is C26H35N5OS. The van der Waals surface area contributed by atoms with Crippen LogP contribution in [0.1, 0.15) is 60.6 Å². The third-order valence-electron chi connectivity index (χ3n) is 4.93. The van der Waals surface area contributed by atoms with Crippen molar-refractivity contribution in [3.05, 3.63) is 64.0 Å². The molecule has 1 amide bonds. The number of carbonyl (C=O) groups is 1. The molecule has 7 heteroatoms. The second kappa shape index (κ2) is 11.3. The molecule has 33 heavy (non-hydrogen) atoms. The summed E-state index contributed by atoms with van der Waals surface area (Å²) >= 11 is 1.47. The zero-order chi connectivity index (χ0) is 23.8. The van der Waals surface area contributed by atoms with Gasteiger partial charge in [0.15, 0.2) is 0 Å². The van der Waals surface area contributed by atoms with Crippen LogP contribution in [0.3, 0.4) is 0 Å². The molecule has 0 aliphatic carbocycles. The smallest absolute Gasteiger partial charge is 0.268 e. The quantitative estimate of drug-likeness (QED) is 0.280. The fourth-order valence-electron chi connectivity index (χ4n) is 3.33. The zero-order valence-electron chi connectivity index (χ0n) is 20.2. The highest BCUT2D eigenvalue weighted by Crippen LogP contribution is 2.26. The Morgan fingerprint density at radius 3 is 2.70 bits per heavy atom. The third kappa shape index (κ3) is 7.30. The second-order valence-electron chi connectivity index (χ2n) is 9.30. The Morgan fingerprint density at radius 2 is 1.97 bits per heavy atom. The number of H-pyrrole nitrogens is 1. The standard InChI is InChI=1S/C26H35N5OS/c1-6-7-8-9-19(16-27-5)22-12-13-23(33-22)24(32)31-25-29-20-11-10-18(14-21(20)30-25)15-28-17-26(2,3)4/h8-14,16,27-28H,6-7,15,17H2,1-5H3,(H2,29,30,31,32)/b9-8-,19-16+. The predicted octanol–water partition coefficient (Wildman–Crippen LogP) is 5.93. The van der Waals surface area contributed by atoms with Gasteiger partial charge in [0.2, 0.25) is 5.95 Å². The van der Waals surface area contributed by atoms with Gasteiger partial charge in [0.25, 0.3) is 5.91 Å². The normalized spacial score (nSPS) is 12.6. The highest BCUT2D eigenvalue weighted by Gasteiger charge is 2.14. The summed E-state index contributed by atoms with van der Waals surface area (Å²) in [5, 5.41) is 9.47. The van der Waals surface area contributed by atoms with Crippen molar-refractivity contribution in [2.24, 2.45) is 5.41 Å². The molecule has 0 aliphatic rings. The number of aromatic amines is 1. The first-order valence-corrected chi connectivity index (χ1v) is 12.3. The minimum Gasteiger partial charge on any atom is -0.393 e. The van der Waals surface area contributed by atoms with E-state index >= 15 is 0 Å². The maximum absolute atomic E-state index is 12.8. The topological polar surface area (TPSA) is 81.8 Å². The van der Waals surface area contributed by atoms with Gasteiger partial charge in [-0.1, -0.05) is 52.3 Å². The molecule has 1 aromatic carbocycles. The Bertz CT molecular complexity index is 1130. The molecule has 0 radical (unpaired) electrons. The van der Waals surface area contributed by atoms with Crippen LogP contribution in [0.25, 0.3) is 16.6 Å². The second-order valence-corrected chi connectivity index (χ2v) is 10.4. The van der Waals surface area contributed by atoms with Gasteiger partial charge in [-0.15, -0.1) is 11.3 Å². The van der Waals surface area contributed by atoms with E-state index in [-0.39, 0.29) is 11.3 Å². The number of benzene rings is 1. The molecule has 0 spiro atoms. The summed E-state index contributed by atoms with van der Waals surface area (Å²) in [5.74, 6) is 0.289. The molecule has 2 aromatic heterocycles. The van der Waals surface area contributed by atoms with Crippen LogP contribution in [-0.2, 0) is 6.54 Å². The first kappa shape index (κ1) is 24.7. The van der Waals surface area contributed by atoms with Crippen molar-refractivity contribution in [1.82, 2.24) is 20.6 Å². The van der Waals surface area contributed by atoms with Gasteiger partial charge in [0.05, 0.1) is 15.9 Å². The number of imidazole rings is 1. The number of hydrogen-bond donors (Lipinski definition) is 4. The number of anilines is 1. The molecule has 0 unspecified atom stereocenters. The number of hydrogen-bond acceptors (Lipinski definition) is 5. The number of thiophene rings is 1. The number of allylic oxidation sites excluding steroid dienone is 3. The summed E-state index contributed by atoms with van der Waals surface area (Å²) in [7, 11) is 1.88. The third-order valence-corrected chi connectivity index (χ3v) is 6.06. The number of fused-ring (bicyclic) bond motifs is 1. The average molecular weight is 466 g/mol. The Morgan fingerprint density at radius 1 is 1.18 bits per heavy atom. The lowest BCUT2D eigenvalue weighted by Gasteiger charge is -2.18. The minimum absolute atomic E-state index is 0.168. The lowest BCUT2D eigenvalue weighted by atomic mass is 9.97. The van der Waals surface area contributed by atoms with Crippen molar-refractivity contribution in [3.63, 3.8) is 0 Å². The molecule has 6 nitrogen and oxygen atoms in total. The van der Waals surface area contributed by atoms with Crippen molar-refractivity contribution in [2.45, 2.75) is 47.1 Å². The van der Waals surface area contributed by atoms with Gasteiger partial charge in [-0.2, -0.15) is 0 Å². The molecule has 0 fully saturated rings. The highest BCUT2D eigenvalue weighted by molar-refractivity contribution is 7.15. The van der Waals surface area contributed by atoms with Crippen LogP contribution in [0.15, 0.2) is 48.7 Å². The van der Waals surface area contributed by atoms with Crippen LogP contribution in [0, 0.1) is 5.41 Å². The number of nitrogens with zero attached hydrogens (tertiary/aromatic N) is 1. The van der Waals surface area contributed by atoms with E-state index in [9.17, 15) is 4.79 Å². The molecule has 0 atom stereocenters. The van der Waals surface area contributed by atoms with E-state index in [1.165, 1.54) is 16.9 Å².